The van der Waals surface area contributed by atoms with Crippen molar-refractivity contribution in [2.45, 2.75) is 59.3 Å². The van der Waals surface area contributed by atoms with Crippen LogP contribution in [0.4, 0.5) is 0 Å². The molecule has 0 saturated heterocycles. The first-order valence-electron chi connectivity index (χ1n) is 15.3. The lowest BCUT2D eigenvalue weighted by Gasteiger charge is -2.34. The molecule has 0 unspecified atom stereocenters. The molecule has 5 rings (SSSR count). The molecule has 0 spiro atoms. The van der Waals surface area contributed by atoms with Crippen molar-refractivity contribution >= 4 is 46.2 Å². The molecule has 0 nitrogen and oxygen atoms in total. The predicted octanol–water partition coefficient (Wildman–Crippen LogP) is 6.09. The third-order valence-corrected chi connectivity index (χ3v) is 8.44. The van der Waals surface area contributed by atoms with Gasteiger partial charge in [-0.3, -0.25) is 0 Å². The lowest BCUT2D eigenvalue weighted by Crippen LogP contribution is -2.61. The topological polar surface area (TPSA) is 0 Å². The van der Waals surface area contributed by atoms with E-state index in [1.807, 2.05) is 0 Å². The fourth-order valence-electron chi connectivity index (χ4n) is 6.63. The van der Waals surface area contributed by atoms with E-state index in [1.54, 1.807) is 0 Å². The van der Waals surface area contributed by atoms with E-state index in [-0.39, 0.29) is 13.4 Å². The fraction of sp³-hybridized carbons (Fsp3) is 0.231. The maximum absolute atomic E-state index is 2.57. The molecule has 0 radical (unpaired) electrons. The van der Waals surface area contributed by atoms with Gasteiger partial charge in [-0.2, -0.15) is 0 Å². The number of hydrogen-bond donors (Lipinski definition) is 0. The smallest absolute Gasteiger partial charge is 0.0686 e. The van der Waals surface area contributed by atoms with Crippen molar-refractivity contribution < 1.29 is 0 Å². The van der Waals surface area contributed by atoms with Crippen LogP contribution in [0.15, 0.2) is 127 Å². The van der Waals surface area contributed by atoms with Crippen molar-refractivity contribution in [3.8, 4) is 0 Å². The summed E-state index contributed by atoms with van der Waals surface area (Å²) in [6.45, 7) is 14.6. The summed E-state index contributed by atoms with van der Waals surface area (Å²) in [5.41, 5.74) is 12.8. The summed E-state index contributed by atoms with van der Waals surface area (Å²) < 4.78 is 0. The molecule has 0 aliphatic rings. The first-order chi connectivity index (χ1) is 19.9. The normalized spacial score (nSPS) is 11.3. The molecule has 0 saturated carbocycles. The Kier molecular flexibility index (Phi) is 8.99. The highest BCUT2D eigenvalue weighted by Crippen LogP contribution is 2.26. The van der Waals surface area contributed by atoms with Crippen LogP contribution in [0.1, 0.15) is 76.0 Å². The zero-order valence-electron chi connectivity index (χ0n) is 25.5. The second-order valence-corrected chi connectivity index (χ2v) is 12.3. The summed E-state index contributed by atoms with van der Waals surface area (Å²) in [4.78, 5) is 0. The highest BCUT2D eigenvalue weighted by molar-refractivity contribution is 6.99. The van der Waals surface area contributed by atoms with Crippen LogP contribution in [0, 0.1) is 0 Å². The van der Waals surface area contributed by atoms with Gasteiger partial charge in [0, 0.05) is 0 Å². The fourth-order valence-corrected chi connectivity index (χ4v) is 6.63. The molecule has 0 atom stereocenters. The zero-order valence-corrected chi connectivity index (χ0v) is 25.5. The number of benzene rings is 5. The van der Waals surface area contributed by atoms with Crippen molar-refractivity contribution in [1.82, 2.24) is 0 Å². The van der Waals surface area contributed by atoms with Gasteiger partial charge < -0.3 is 0 Å². The standard InChI is InChI=1S/C39H42B2/c1-28(2)35-27-36(29(3)4)39(41(33-23-15-9-16-24-33)34-25-17-10-18-26-34)37(30(5)6)38(35)40(31-19-11-7-12-20-31)32-21-13-8-14-22-32/h7-30H,1-6H3. The molecule has 2 heteroatoms. The maximum Gasteiger partial charge on any atom is 0.241 e. The molecule has 0 aromatic heterocycles. The van der Waals surface area contributed by atoms with Gasteiger partial charge in [-0.05, 0) is 28.9 Å². The Morgan fingerprint density at radius 3 is 0.854 bits per heavy atom. The van der Waals surface area contributed by atoms with Gasteiger partial charge in [-0.1, -0.05) is 207 Å². The van der Waals surface area contributed by atoms with Gasteiger partial charge in [-0.25, -0.2) is 0 Å². The average Bonchev–Trinajstić information content (AvgIpc) is 2.99. The van der Waals surface area contributed by atoms with Crippen molar-refractivity contribution in [2.24, 2.45) is 0 Å². The Morgan fingerprint density at radius 2 is 0.634 bits per heavy atom. The van der Waals surface area contributed by atoms with Crippen molar-refractivity contribution in [3.63, 3.8) is 0 Å². The van der Waals surface area contributed by atoms with Crippen molar-refractivity contribution in [3.05, 3.63) is 144 Å². The van der Waals surface area contributed by atoms with Crippen LogP contribution in [0.3, 0.4) is 0 Å². The van der Waals surface area contributed by atoms with E-state index < -0.39 is 0 Å². The van der Waals surface area contributed by atoms with Gasteiger partial charge in [0.2, 0.25) is 13.4 Å². The van der Waals surface area contributed by atoms with Crippen molar-refractivity contribution in [1.29, 1.82) is 0 Å². The average molecular weight is 532 g/mol. The summed E-state index contributed by atoms with van der Waals surface area (Å²) in [6, 6.07) is 47.1. The molecule has 0 aliphatic heterocycles. The predicted molar refractivity (Wildman–Crippen MR) is 184 cm³/mol. The van der Waals surface area contributed by atoms with Crippen LogP contribution in [0.5, 0.6) is 0 Å². The minimum atomic E-state index is 0.152. The molecule has 41 heavy (non-hydrogen) atoms. The van der Waals surface area contributed by atoms with E-state index >= 15 is 0 Å². The lowest BCUT2D eigenvalue weighted by molar-refractivity contribution is 0.821. The Hall–Kier alpha value is -3.77. The first-order valence-corrected chi connectivity index (χ1v) is 15.3. The minimum absolute atomic E-state index is 0.152. The summed E-state index contributed by atoms with van der Waals surface area (Å²) in [5, 5.41) is 0. The van der Waals surface area contributed by atoms with Crippen molar-refractivity contribution in [2.75, 3.05) is 0 Å². The van der Waals surface area contributed by atoms with Gasteiger partial charge in [0.05, 0.1) is 0 Å². The molecule has 204 valence electrons. The van der Waals surface area contributed by atoms with E-state index in [9.17, 15) is 0 Å². The minimum Gasteiger partial charge on any atom is -0.0686 e. The van der Waals surface area contributed by atoms with Crippen LogP contribution < -0.4 is 32.8 Å². The molecule has 0 fully saturated rings. The number of hydrogen-bond acceptors (Lipinski definition) is 0. The summed E-state index contributed by atoms with van der Waals surface area (Å²) in [6.07, 6.45) is 0. The SMILES string of the molecule is CC(C)c1cc(C(C)C)c(B(c2ccccc2)c2ccccc2)c(C(C)C)c1B(c1ccccc1)c1ccccc1. The number of rotatable bonds is 9. The monoisotopic (exact) mass is 532 g/mol. The third kappa shape index (κ3) is 5.98. The molecular weight excluding hydrogens is 490 g/mol. The quantitative estimate of drug-likeness (QED) is 0.202. The lowest BCUT2D eigenvalue weighted by atomic mass is 9.30. The van der Waals surface area contributed by atoms with E-state index in [4.69, 9.17) is 0 Å². The first kappa shape index (κ1) is 28.7. The Bertz CT molecular complexity index is 1350. The highest BCUT2D eigenvalue weighted by atomic mass is 14.2. The third-order valence-electron chi connectivity index (χ3n) is 8.44. The Labute approximate surface area is 249 Å². The Morgan fingerprint density at radius 1 is 0.366 bits per heavy atom. The van der Waals surface area contributed by atoms with E-state index in [0.717, 1.165) is 0 Å². The van der Waals surface area contributed by atoms with Gasteiger partial charge in [0.15, 0.2) is 0 Å². The molecule has 5 aromatic carbocycles. The molecule has 0 bridgehead atoms. The molecule has 5 aromatic rings. The van der Waals surface area contributed by atoms with Crippen LogP contribution >= 0.6 is 0 Å². The van der Waals surface area contributed by atoms with Gasteiger partial charge in [0.25, 0.3) is 0 Å². The second-order valence-electron chi connectivity index (χ2n) is 12.3. The van der Waals surface area contributed by atoms with Crippen LogP contribution in [-0.2, 0) is 0 Å². The Balaban J connectivity index is 1.96. The molecule has 0 N–H and O–H groups in total. The van der Waals surface area contributed by atoms with E-state index in [2.05, 4.69) is 169 Å². The largest absolute Gasteiger partial charge is 0.241 e. The summed E-state index contributed by atoms with van der Waals surface area (Å²) in [7, 11) is 0. The second kappa shape index (κ2) is 12.8. The zero-order chi connectivity index (χ0) is 28.9. The van der Waals surface area contributed by atoms with Crippen LogP contribution in [0.25, 0.3) is 0 Å². The maximum atomic E-state index is 2.57. The molecule has 0 aliphatic carbocycles. The van der Waals surface area contributed by atoms with Gasteiger partial charge >= 0.3 is 0 Å². The molecule has 0 amide bonds. The molecule has 0 heterocycles. The molecular formula is C39H42B2. The summed E-state index contributed by atoms with van der Waals surface area (Å²) >= 11 is 0. The summed E-state index contributed by atoms with van der Waals surface area (Å²) in [5.74, 6) is 1.15. The van der Waals surface area contributed by atoms with Gasteiger partial charge in [0.1, 0.15) is 0 Å². The van der Waals surface area contributed by atoms with E-state index in [1.165, 1.54) is 49.5 Å². The van der Waals surface area contributed by atoms with Crippen LogP contribution in [-0.4, -0.2) is 13.4 Å². The van der Waals surface area contributed by atoms with Crippen LogP contribution in [0.2, 0.25) is 0 Å². The van der Waals surface area contributed by atoms with E-state index in [0.29, 0.717) is 17.8 Å². The van der Waals surface area contributed by atoms with Gasteiger partial charge in [-0.15, -0.1) is 0 Å². The highest BCUT2D eigenvalue weighted by Gasteiger charge is 2.36.